The van der Waals surface area contributed by atoms with Crippen LogP contribution in [-0.2, 0) is 54.9 Å². The van der Waals surface area contributed by atoms with Gasteiger partial charge >= 0.3 is 38.5 Å². The molecule has 0 aliphatic heterocycles. The minimum atomic E-state index is 0. The van der Waals surface area contributed by atoms with Crippen molar-refractivity contribution in [1.29, 1.82) is 0 Å². The van der Waals surface area contributed by atoms with E-state index in [4.69, 9.17) is 0 Å². The maximum Gasteiger partial charge on any atom is 4.00 e. The first-order valence-corrected chi connectivity index (χ1v) is 0. The molecular formula is CH4CoO3Ti. The molecule has 6 heavy (non-hydrogen) atoms. The van der Waals surface area contributed by atoms with Gasteiger partial charge in [0.05, 0.1) is 0 Å². The van der Waals surface area contributed by atoms with Crippen LogP contribution < -0.4 is 0 Å². The van der Waals surface area contributed by atoms with Gasteiger partial charge in [0.2, 0.25) is 0 Å². The Morgan fingerprint density at radius 1 is 0.667 bits per heavy atom. The average molecular weight is 171 g/mol. The zero-order valence-corrected chi connectivity index (χ0v) is 4.66. The largest absolute Gasteiger partial charge is 4.00 e. The molecular weight excluding hydrogens is 167 g/mol. The molecule has 0 spiro atoms. The van der Waals surface area contributed by atoms with Gasteiger partial charge in [-0.3, -0.25) is 0 Å². The van der Waals surface area contributed by atoms with Crippen LogP contribution in [0.5, 0.6) is 0 Å². The SMILES string of the molecule is C.[Co+2].[O-2].[O-2].[O-2].[Ti+4]. The molecule has 3 nitrogen and oxygen atoms in total. The van der Waals surface area contributed by atoms with Crippen LogP contribution in [0.2, 0.25) is 0 Å². The van der Waals surface area contributed by atoms with Gasteiger partial charge in [0.15, 0.2) is 0 Å². The fourth-order valence-corrected chi connectivity index (χ4v) is 0. The second-order valence-electron chi connectivity index (χ2n) is 0. The third-order valence-corrected chi connectivity index (χ3v) is 0. The van der Waals surface area contributed by atoms with Crippen molar-refractivity contribution in [3.05, 3.63) is 0 Å². The predicted octanol–water partition coefficient (Wildman–Crippen LogP) is 0.275. The molecule has 39 valence electrons. The molecule has 0 atom stereocenters. The van der Waals surface area contributed by atoms with Crippen molar-refractivity contribution in [1.82, 2.24) is 0 Å². The van der Waals surface area contributed by atoms with E-state index >= 15 is 0 Å². The molecule has 1 radical (unpaired) electrons. The normalized spacial score (nSPS) is 0. The Bertz CT molecular complexity index is 10.8. The molecule has 0 aromatic heterocycles. The standard InChI is InChI=1S/CH4.Co.3O.Ti/h1H4;;;;;/q;+2;3*-2;+4. The van der Waals surface area contributed by atoms with E-state index in [2.05, 4.69) is 0 Å². The number of rotatable bonds is 0. The minimum absolute atomic E-state index is 0. The van der Waals surface area contributed by atoms with Crippen LogP contribution in [0.3, 0.4) is 0 Å². The Morgan fingerprint density at radius 2 is 0.667 bits per heavy atom. The summed E-state index contributed by atoms with van der Waals surface area (Å²) in [5.74, 6) is 0. The Hall–Kier alpha value is 1.10. The van der Waals surface area contributed by atoms with Gasteiger partial charge in [0.25, 0.3) is 0 Å². The molecule has 0 aliphatic carbocycles. The Balaban J connectivity index is 0. The van der Waals surface area contributed by atoms with Gasteiger partial charge in [-0.15, -0.1) is 0 Å². The van der Waals surface area contributed by atoms with Crippen molar-refractivity contribution >= 4 is 0 Å². The van der Waals surface area contributed by atoms with Crippen LogP contribution in [0.25, 0.3) is 0 Å². The fourth-order valence-electron chi connectivity index (χ4n) is 0. The smallest absolute Gasteiger partial charge is 2.00 e. The van der Waals surface area contributed by atoms with Crippen LogP contribution >= 0.6 is 0 Å². The molecule has 0 fully saturated rings. The van der Waals surface area contributed by atoms with Gasteiger partial charge in [-0.2, -0.15) is 0 Å². The van der Waals surface area contributed by atoms with E-state index in [1.54, 1.807) is 0 Å². The van der Waals surface area contributed by atoms with Crippen LogP contribution in [0.15, 0.2) is 0 Å². The second kappa shape index (κ2) is 131. The Kier molecular flexibility index (Phi) is 4760. The monoisotopic (exact) mass is 171 g/mol. The molecule has 0 N–H and O–H groups in total. The van der Waals surface area contributed by atoms with Gasteiger partial charge in [-0.25, -0.2) is 0 Å². The quantitative estimate of drug-likeness (QED) is 0.468. The van der Waals surface area contributed by atoms with Crippen molar-refractivity contribution in [3.8, 4) is 0 Å². The number of hydrogen-bond acceptors (Lipinski definition) is 0. The molecule has 0 rings (SSSR count). The average Bonchev–Trinajstić information content (AvgIpc) is 0. The Morgan fingerprint density at radius 3 is 0.667 bits per heavy atom. The van der Waals surface area contributed by atoms with Crippen molar-refractivity contribution in [3.63, 3.8) is 0 Å². The van der Waals surface area contributed by atoms with Gasteiger partial charge in [-0.1, -0.05) is 7.43 Å². The summed E-state index contributed by atoms with van der Waals surface area (Å²) in [6.07, 6.45) is 0. The second-order valence-corrected chi connectivity index (χ2v) is 0. The third kappa shape index (κ3) is 70.8. The van der Waals surface area contributed by atoms with E-state index < -0.39 is 0 Å². The molecule has 5 heteroatoms. The molecule has 0 heterocycles. The zero-order chi connectivity index (χ0) is 0. The van der Waals surface area contributed by atoms with Crippen LogP contribution in [0.4, 0.5) is 0 Å². The fraction of sp³-hybridized carbons (Fsp3) is 1.00. The van der Waals surface area contributed by atoms with E-state index in [1.165, 1.54) is 0 Å². The maximum atomic E-state index is 0. The summed E-state index contributed by atoms with van der Waals surface area (Å²) < 4.78 is 0. The molecule has 0 unspecified atom stereocenters. The predicted molar refractivity (Wildman–Crippen MR) is 8.79 cm³/mol. The van der Waals surface area contributed by atoms with E-state index in [0.717, 1.165) is 0 Å². The van der Waals surface area contributed by atoms with Gasteiger partial charge in [-0.05, 0) is 0 Å². The van der Waals surface area contributed by atoms with Crippen molar-refractivity contribution in [2.75, 3.05) is 0 Å². The van der Waals surface area contributed by atoms with Gasteiger partial charge in [0.1, 0.15) is 0 Å². The van der Waals surface area contributed by atoms with E-state index in [0.29, 0.717) is 0 Å². The third-order valence-electron chi connectivity index (χ3n) is 0. The molecule has 0 amide bonds. The molecule has 0 saturated heterocycles. The van der Waals surface area contributed by atoms with Crippen molar-refractivity contribution < 1.29 is 54.9 Å². The summed E-state index contributed by atoms with van der Waals surface area (Å²) in [5.41, 5.74) is 0. The minimum Gasteiger partial charge on any atom is -2.00 e. The summed E-state index contributed by atoms with van der Waals surface area (Å²) in [5, 5.41) is 0. The first-order valence-electron chi connectivity index (χ1n) is 0. The van der Waals surface area contributed by atoms with Crippen molar-refractivity contribution in [2.45, 2.75) is 7.43 Å². The molecule has 0 aliphatic rings. The summed E-state index contributed by atoms with van der Waals surface area (Å²) in [7, 11) is 0. The van der Waals surface area contributed by atoms with Crippen LogP contribution in [0.1, 0.15) is 7.43 Å². The van der Waals surface area contributed by atoms with E-state index in [1.807, 2.05) is 0 Å². The van der Waals surface area contributed by atoms with E-state index in [9.17, 15) is 0 Å². The summed E-state index contributed by atoms with van der Waals surface area (Å²) in [4.78, 5) is 0. The molecule has 0 saturated carbocycles. The molecule has 0 aromatic rings. The van der Waals surface area contributed by atoms with Gasteiger partial charge in [0, 0.05) is 0 Å². The molecule has 0 bridgehead atoms. The van der Waals surface area contributed by atoms with E-state index in [-0.39, 0.29) is 62.4 Å². The number of hydrogen-bond donors (Lipinski definition) is 0. The summed E-state index contributed by atoms with van der Waals surface area (Å²) >= 11 is 0. The Labute approximate surface area is 62.5 Å². The van der Waals surface area contributed by atoms with Gasteiger partial charge < -0.3 is 16.4 Å². The first-order chi connectivity index (χ1) is 0. The summed E-state index contributed by atoms with van der Waals surface area (Å²) in [6.45, 7) is 0. The topological polar surface area (TPSA) is 85.5 Å². The molecule has 0 aromatic carbocycles. The van der Waals surface area contributed by atoms with Crippen LogP contribution in [-0.4, -0.2) is 0 Å². The maximum absolute atomic E-state index is 0. The van der Waals surface area contributed by atoms with Crippen molar-refractivity contribution in [2.24, 2.45) is 0 Å². The first kappa shape index (κ1) is 218. The summed E-state index contributed by atoms with van der Waals surface area (Å²) in [6, 6.07) is 0. The van der Waals surface area contributed by atoms with Crippen LogP contribution in [0, 0.1) is 0 Å². The zero-order valence-electron chi connectivity index (χ0n) is 2.06.